The molecule has 0 aliphatic carbocycles. The molecule has 4 rings (SSSR count). The molecule has 1 atom stereocenters. The van der Waals surface area contributed by atoms with E-state index in [0.717, 1.165) is 18.5 Å². The predicted molar refractivity (Wildman–Crippen MR) is 115 cm³/mol. The van der Waals surface area contributed by atoms with Crippen LogP contribution in [0.25, 0.3) is 16.9 Å². The molecule has 0 saturated heterocycles. The first-order valence-corrected chi connectivity index (χ1v) is 10.1. The number of rotatable bonds is 6. The molecule has 0 bridgehead atoms. The number of methoxy groups -OCH3 is 1. The van der Waals surface area contributed by atoms with Crippen LogP contribution in [0.3, 0.4) is 0 Å². The number of halogens is 6. The number of nitrogens with zero attached hydrogens (tertiary/aromatic N) is 7. The third-order valence-corrected chi connectivity index (χ3v) is 4.75. The van der Waals surface area contributed by atoms with Gasteiger partial charge in [-0.1, -0.05) is 0 Å². The van der Waals surface area contributed by atoms with E-state index in [0.29, 0.717) is 17.3 Å². The van der Waals surface area contributed by atoms with Crippen molar-refractivity contribution in [3.63, 3.8) is 0 Å². The molecular weight excluding hydrogens is 514 g/mol. The molecule has 198 valence electrons. The zero-order valence-electron chi connectivity index (χ0n) is 19.0. The Morgan fingerprint density at radius 3 is 2.41 bits per heavy atom. The second-order valence-corrected chi connectivity index (χ2v) is 7.26. The van der Waals surface area contributed by atoms with Crippen LogP contribution in [0.5, 0.6) is 0 Å². The van der Waals surface area contributed by atoms with Gasteiger partial charge < -0.3 is 15.2 Å². The SMILES string of the molecule is COC(Cc1nnc2cc(-c3ccnc(Nc4ccnn4C)n3)ccn12)C(F)(F)F.O=C(O)C(F)(F)F. The maximum atomic E-state index is 13.0. The van der Waals surface area contributed by atoms with Crippen LogP contribution in [0, 0.1) is 0 Å². The number of aromatic nitrogens is 7. The average Bonchev–Trinajstić information content (AvgIpc) is 3.41. The molecule has 4 heterocycles. The lowest BCUT2D eigenvalue weighted by atomic mass is 10.2. The van der Waals surface area contributed by atoms with Crippen molar-refractivity contribution >= 4 is 23.4 Å². The molecule has 11 nitrogen and oxygen atoms in total. The monoisotopic (exact) mass is 532 g/mol. The Morgan fingerprint density at radius 1 is 1.14 bits per heavy atom. The number of fused-ring (bicyclic) bond motifs is 1. The van der Waals surface area contributed by atoms with Gasteiger partial charge in [0, 0.05) is 44.6 Å². The molecule has 0 amide bonds. The number of carboxylic acids is 1. The summed E-state index contributed by atoms with van der Waals surface area (Å²) in [5, 5.41) is 22.1. The number of aliphatic carboxylic acids is 1. The lowest BCUT2D eigenvalue weighted by Gasteiger charge is -2.17. The lowest BCUT2D eigenvalue weighted by Crippen LogP contribution is -2.33. The van der Waals surface area contributed by atoms with Gasteiger partial charge in [0.25, 0.3) is 0 Å². The zero-order valence-corrected chi connectivity index (χ0v) is 19.0. The second kappa shape index (κ2) is 10.8. The van der Waals surface area contributed by atoms with Gasteiger partial charge in [0.1, 0.15) is 11.6 Å². The van der Waals surface area contributed by atoms with Gasteiger partial charge >= 0.3 is 18.3 Å². The Bertz CT molecular complexity index is 1370. The highest BCUT2D eigenvalue weighted by Crippen LogP contribution is 2.26. The molecule has 0 spiro atoms. The van der Waals surface area contributed by atoms with E-state index < -0.39 is 30.8 Å². The fourth-order valence-corrected chi connectivity index (χ4v) is 2.93. The van der Waals surface area contributed by atoms with Crippen molar-refractivity contribution in [3.8, 4) is 11.3 Å². The summed E-state index contributed by atoms with van der Waals surface area (Å²) in [5.41, 5.74) is 1.74. The van der Waals surface area contributed by atoms with E-state index in [2.05, 4.69) is 35.3 Å². The van der Waals surface area contributed by atoms with Crippen molar-refractivity contribution in [2.24, 2.45) is 7.05 Å². The molecule has 0 saturated carbocycles. The Balaban J connectivity index is 0.000000479. The first-order valence-electron chi connectivity index (χ1n) is 10.1. The van der Waals surface area contributed by atoms with Gasteiger partial charge in [0.2, 0.25) is 5.95 Å². The molecule has 0 aliphatic rings. The van der Waals surface area contributed by atoms with E-state index in [-0.39, 0.29) is 5.82 Å². The van der Waals surface area contributed by atoms with Gasteiger partial charge in [-0.15, -0.1) is 10.2 Å². The molecule has 0 aromatic carbocycles. The van der Waals surface area contributed by atoms with Crippen LogP contribution in [0.1, 0.15) is 5.82 Å². The van der Waals surface area contributed by atoms with Crippen LogP contribution < -0.4 is 5.32 Å². The highest BCUT2D eigenvalue weighted by atomic mass is 19.4. The van der Waals surface area contributed by atoms with E-state index in [1.165, 1.54) is 4.40 Å². The topological polar surface area (TPSA) is 132 Å². The van der Waals surface area contributed by atoms with Crippen LogP contribution in [-0.4, -0.2) is 71.0 Å². The quantitative estimate of drug-likeness (QED) is 0.359. The number of hydrogen-bond acceptors (Lipinski definition) is 8. The zero-order chi connectivity index (χ0) is 27.4. The van der Waals surface area contributed by atoms with Crippen LogP contribution in [0.2, 0.25) is 0 Å². The van der Waals surface area contributed by atoms with Gasteiger partial charge in [0.15, 0.2) is 11.8 Å². The van der Waals surface area contributed by atoms with Crippen LogP contribution in [-0.2, 0) is 23.0 Å². The molecule has 4 aromatic rings. The summed E-state index contributed by atoms with van der Waals surface area (Å²) < 4.78 is 78.4. The van der Waals surface area contributed by atoms with Crippen molar-refractivity contribution < 1.29 is 41.0 Å². The summed E-state index contributed by atoms with van der Waals surface area (Å²) in [6.45, 7) is 0. The number of anilines is 2. The summed E-state index contributed by atoms with van der Waals surface area (Å²) in [4.78, 5) is 17.6. The van der Waals surface area contributed by atoms with Gasteiger partial charge in [-0.25, -0.2) is 14.8 Å². The summed E-state index contributed by atoms with van der Waals surface area (Å²) in [7, 11) is 2.81. The van der Waals surface area contributed by atoms with E-state index in [1.54, 1.807) is 54.6 Å². The number of aryl methyl sites for hydroxylation is 1. The highest BCUT2D eigenvalue weighted by molar-refractivity contribution is 5.73. The summed E-state index contributed by atoms with van der Waals surface area (Å²) in [5.74, 6) is -1.50. The molecule has 37 heavy (non-hydrogen) atoms. The number of carboxylic acid groups (broad SMARTS) is 1. The fourth-order valence-electron chi connectivity index (χ4n) is 2.93. The number of carbonyl (C=O) groups is 1. The molecule has 17 heteroatoms. The standard InChI is InChI=1S/C18H17F3N8O.C2HF3O2/c1-28-14(4-7-23-28)25-17-22-6-3-12(24-17)11-5-8-29-15(9-11)26-27-16(29)10-13(30-2)18(19,20)21;3-2(4,5)1(6)7/h3-9,13H,10H2,1-2H3,(H,22,24,25);(H,6,7). The predicted octanol–water partition coefficient (Wildman–Crippen LogP) is 3.42. The average molecular weight is 532 g/mol. The summed E-state index contributed by atoms with van der Waals surface area (Å²) in [6, 6.07) is 6.93. The Labute approximate surface area is 203 Å². The van der Waals surface area contributed by atoms with Crippen molar-refractivity contribution in [3.05, 3.63) is 48.7 Å². The highest BCUT2D eigenvalue weighted by Gasteiger charge is 2.41. The van der Waals surface area contributed by atoms with E-state index in [9.17, 15) is 26.3 Å². The van der Waals surface area contributed by atoms with Gasteiger partial charge in [-0.2, -0.15) is 31.4 Å². The minimum atomic E-state index is -5.08. The Kier molecular flexibility index (Phi) is 7.95. The molecule has 0 radical (unpaired) electrons. The van der Waals surface area contributed by atoms with Crippen molar-refractivity contribution in [2.75, 3.05) is 12.4 Å². The largest absolute Gasteiger partial charge is 0.490 e. The smallest absolute Gasteiger partial charge is 0.475 e. The number of ether oxygens (including phenoxy) is 1. The first-order chi connectivity index (χ1) is 17.3. The Morgan fingerprint density at radius 2 is 1.84 bits per heavy atom. The van der Waals surface area contributed by atoms with Crippen LogP contribution in [0.4, 0.5) is 38.1 Å². The fraction of sp³-hybridized carbons (Fsp3) is 0.300. The minimum absolute atomic E-state index is 0.155. The summed E-state index contributed by atoms with van der Waals surface area (Å²) >= 11 is 0. The second-order valence-electron chi connectivity index (χ2n) is 7.26. The first kappa shape index (κ1) is 27.3. The van der Waals surface area contributed by atoms with Gasteiger partial charge in [0.05, 0.1) is 11.9 Å². The molecule has 4 aromatic heterocycles. The molecular formula is C20H18F6N8O3. The number of hydrogen-bond donors (Lipinski definition) is 2. The minimum Gasteiger partial charge on any atom is -0.475 e. The van der Waals surface area contributed by atoms with E-state index >= 15 is 0 Å². The van der Waals surface area contributed by atoms with Crippen LogP contribution in [0.15, 0.2) is 42.9 Å². The van der Waals surface area contributed by atoms with Crippen molar-refractivity contribution in [1.29, 1.82) is 0 Å². The molecule has 0 fully saturated rings. The van der Waals surface area contributed by atoms with Crippen molar-refractivity contribution in [1.82, 2.24) is 34.3 Å². The third kappa shape index (κ3) is 6.90. The lowest BCUT2D eigenvalue weighted by molar-refractivity contribution is -0.212. The molecule has 2 N–H and O–H groups in total. The Hall–Kier alpha value is -4.28. The normalized spacial score (nSPS) is 12.6. The summed E-state index contributed by atoms with van der Waals surface area (Å²) in [6.07, 6.45) is -7.10. The number of pyridine rings is 1. The van der Waals surface area contributed by atoms with Gasteiger partial charge in [-0.05, 0) is 18.2 Å². The van der Waals surface area contributed by atoms with E-state index in [4.69, 9.17) is 9.90 Å². The molecule has 0 aliphatic heterocycles. The van der Waals surface area contributed by atoms with E-state index in [1.807, 2.05) is 0 Å². The maximum Gasteiger partial charge on any atom is 0.490 e. The maximum absolute atomic E-state index is 13.0. The van der Waals surface area contributed by atoms with Gasteiger partial charge in [-0.3, -0.25) is 9.08 Å². The third-order valence-electron chi connectivity index (χ3n) is 4.75. The molecule has 1 unspecified atom stereocenters. The van der Waals surface area contributed by atoms with Crippen molar-refractivity contribution in [2.45, 2.75) is 24.9 Å². The number of alkyl halides is 6. The van der Waals surface area contributed by atoms with Crippen LogP contribution >= 0.6 is 0 Å². The number of nitrogens with one attached hydrogen (secondary N) is 1.